The van der Waals surface area contributed by atoms with Gasteiger partial charge in [0, 0.05) is 12.6 Å². The van der Waals surface area contributed by atoms with Gasteiger partial charge in [0.05, 0.1) is 5.75 Å². The van der Waals surface area contributed by atoms with E-state index < -0.39 is 12.0 Å². The highest BCUT2D eigenvalue weighted by atomic mass is 32.2. The molecule has 1 aliphatic carbocycles. The van der Waals surface area contributed by atoms with Gasteiger partial charge in [-0.2, -0.15) is 13.2 Å². The lowest BCUT2D eigenvalue weighted by Gasteiger charge is -2.22. The van der Waals surface area contributed by atoms with E-state index in [4.69, 9.17) is 0 Å². The van der Waals surface area contributed by atoms with Crippen LogP contribution in [0.3, 0.4) is 0 Å². The van der Waals surface area contributed by atoms with E-state index in [-0.39, 0.29) is 16.7 Å². The van der Waals surface area contributed by atoms with Crippen molar-refractivity contribution in [2.45, 2.75) is 49.4 Å². The van der Waals surface area contributed by atoms with Crippen LogP contribution < -0.4 is 0 Å². The number of nitrogens with zero attached hydrogens (tertiary/aromatic N) is 3. The molecule has 4 nitrogen and oxygen atoms in total. The average Bonchev–Trinajstić information content (AvgIpc) is 3.01. The fourth-order valence-electron chi connectivity index (χ4n) is 3.28. The van der Waals surface area contributed by atoms with Crippen molar-refractivity contribution in [3.63, 3.8) is 0 Å². The maximum absolute atomic E-state index is 12.7. The van der Waals surface area contributed by atoms with Crippen molar-refractivity contribution in [3.05, 3.63) is 41.2 Å². The van der Waals surface area contributed by atoms with Gasteiger partial charge >= 0.3 is 6.18 Å². The number of aromatic nitrogens is 3. The number of ketones is 1. The van der Waals surface area contributed by atoms with Crippen LogP contribution in [0.15, 0.2) is 29.4 Å². The van der Waals surface area contributed by atoms with Gasteiger partial charge < -0.3 is 4.57 Å². The predicted octanol–water partition coefficient (Wildman–Crippen LogP) is 4.86. The molecule has 0 bridgehead atoms. The molecule has 0 aliphatic heterocycles. The third kappa shape index (κ3) is 4.28. The van der Waals surface area contributed by atoms with E-state index in [1.54, 1.807) is 0 Å². The van der Waals surface area contributed by atoms with E-state index in [9.17, 15) is 18.0 Å². The zero-order chi connectivity index (χ0) is 18.7. The molecule has 1 aliphatic rings. The van der Waals surface area contributed by atoms with Crippen molar-refractivity contribution in [3.8, 4) is 0 Å². The summed E-state index contributed by atoms with van der Waals surface area (Å²) in [6.07, 6.45) is 1.62. The SMILES string of the molecule is Cn1c(SCC(=O)c2ccc(C3CCCCC3)cc2)nnc1C(F)(F)F. The molecule has 0 amide bonds. The van der Waals surface area contributed by atoms with Crippen LogP contribution in [0.2, 0.25) is 0 Å². The topological polar surface area (TPSA) is 47.8 Å². The van der Waals surface area contributed by atoms with Gasteiger partial charge in [-0.25, -0.2) is 0 Å². The van der Waals surface area contributed by atoms with Crippen LogP contribution in [-0.4, -0.2) is 26.3 Å². The van der Waals surface area contributed by atoms with Crippen LogP contribution in [0.5, 0.6) is 0 Å². The van der Waals surface area contributed by atoms with Crippen molar-refractivity contribution < 1.29 is 18.0 Å². The summed E-state index contributed by atoms with van der Waals surface area (Å²) in [6.45, 7) is 0. The van der Waals surface area contributed by atoms with Crippen molar-refractivity contribution in [1.82, 2.24) is 14.8 Å². The van der Waals surface area contributed by atoms with E-state index in [1.165, 1.54) is 44.7 Å². The molecule has 0 radical (unpaired) electrons. The largest absolute Gasteiger partial charge is 0.451 e. The third-order valence-corrected chi connectivity index (χ3v) is 5.75. The Kier molecular flexibility index (Phi) is 5.70. The van der Waals surface area contributed by atoms with Crippen molar-refractivity contribution >= 4 is 17.5 Å². The highest BCUT2D eigenvalue weighted by Crippen LogP contribution is 2.33. The van der Waals surface area contributed by atoms with E-state index >= 15 is 0 Å². The summed E-state index contributed by atoms with van der Waals surface area (Å²) in [6, 6.07) is 7.62. The lowest BCUT2D eigenvalue weighted by molar-refractivity contribution is -0.147. The standard InChI is InChI=1S/C18H20F3N3OS/c1-24-16(18(19,20)21)22-23-17(24)26-11-15(25)14-9-7-13(8-10-14)12-5-3-2-4-6-12/h7-10,12H,2-6,11H2,1H3. The second-order valence-electron chi connectivity index (χ2n) is 6.53. The van der Waals surface area contributed by atoms with Crippen LogP contribution in [-0.2, 0) is 13.2 Å². The van der Waals surface area contributed by atoms with Gasteiger partial charge in [-0.3, -0.25) is 4.79 Å². The van der Waals surface area contributed by atoms with Crippen molar-refractivity contribution in [2.24, 2.45) is 7.05 Å². The Bertz CT molecular complexity index is 765. The Morgan fingerprint density at radius 1 is 1.15 bits per heavy atom. The van der Waals surface area contributed by atoms with Gasteiger partial charge in [0.1, 0.15) is 0 Å². The first kappa shape index (κ1) is 18.9. The summed E-state index contributed by atoms with van der Waals surface area (Å²) in [5.74, 6) is -0.611. The molecule has 0 N–H and O–H groups in total. The van der Waals surface area contributed by atoms with Gasteiger partial charge in [-0.1, -0.05) is 55.3 Å². The van der Waals surface area contributed by atoms with E-state index in [1.807, 2.05) is 24.3 Å². The van der Waals surface area contributed by atoms with Gasteiger partial charge in [-0.05, 0) is 24.3 Å². The Labute approximate surface area is 154 Å². The number of hydrogen-bond donors (Lipinski definition) is 0. The molecule has 26 heavy (non-hydrogen) atoms. The van der Waals surface area contributed by atoms with Gasteiger partial charge in [0.2, 0.25) is 5.82 Å². The summed E-state index contributed by atoms with van der Waals surface area (Å²) in [5.41, 5.74) is 1.83. The minimum absolute atomic E-state index is 0.0204. The van der Waals surface area contributed by atoms with Gasteiger partial charge in [-0.15, -0.1) is 10.2 Å². The monoisotopic (exact) mass is 383 g/mol. The maximum Gasteiger partial charge on any atom is 0.451 e. The molecule has 2 aromatic rings. The molecule has 1 saturated carbocycles. The van der Waals surface area contributed by atoms with Crippen molar-refractivity contribution in [2.75, 3.05) is 5.75 Å². The molecule has 0 atom stereocenters. The zero-order valence-electron chi connectivity index (χ0n) is 14.4. The Morgan fingerprint density at radius 3 is 2.38 bits per heavy atom. The van der Waals surface area contributed by atoms with Gasteiger partial charge in [0.25, 0.3) is 0 Å². The number of alkyl halides is 3. The predicted molar refractivity (Wildman–Crippen MR) is 93.3 cm³/mol. The molecule has 0 unspecified atom stereocenters. The first-order chi connectivity index (χ1) is 12.4. The van der Waals surface area contributed by atoms with E-state index in [2.05, 4.69) is 10.2 Å². The lowest BCUT2D eigenvalue weighted by atomic mass is 9.84. The number of thioether (sulfide) groups is 1. The number of hydrogen-bond acceptors (Lipinski definition) is 4. The highest BCUT2D eigenvalue weighted by molar-refractivity contribution is 7.99. The summed E-state index contributed by atoms with van der Waals surface area (Å²) in [4.78, 5) is 12.3. The smallest absolute Gasteiger partial charge is 0.302 e. The van der Waals surface area contributed by atoms with E-state index in [0.29, 0.717) is 11.5 Å². The molecule has 1 fully saturated rings. The molecule has 8 heteroatoms. The average molecular weight is 383 g/mol. The Hall–Kier alpha value is -1.83. The highest BCUT2D eigenvalue weighted by Gasteiger charge is 2.37. The molecular weight excluding hydrogens is 363 g/mol. The second kappa shape index (κ2) is 7.82. The number of carbonyl (C=O) groups is 1. The summed E-state index contributed by atoms with van der Waals surface area (Å²) in [7, 11) is 1.24. The Balaban J connectivity index is 1.61. The fraction of sp³-hybridized carbons (Fsp3) is 0.500. The zero-order valence-corrected chi connectivity index (χ0v) is 15.2. The molecule has 0 saturated heterocycles. The molecule has 1 aromatic carbocycles. The fourth-order valence-corrected chi connectivity index (χ4v) is 4.08. The van der Waals surface area contributed by atoms with E-state index in [0.717, 1.165) is 16.3 Å². The first-order valence-corrected chi connectivity index (χ1v) is 9.57. The van der Waals surface area contributed by atoms with Gasteiger partial charge in [0.15, 0.2) is 10.9 Å². The Morgan fingerprint density at radius 2 is 1.81 bits per heavy atom. The molecule has 1 heterocycles. The number of halogens is 3. The summed E-state index contributed by atoms with van der Waals surface area (Å²) in [5, 5.41) is 6.76. The second-order valence-corrected chi connectivity index (χ2v) is 7.47. The summed E-state index contributed by atoms with van der Waals surface area (Å²) >= 11 is 0.959. The van der Waals surface area contributed by atoms with Crippen LogP contribution >= 0.6 is 11.8 Å². The van der Waals surface area contributed by atoms with Crippen LogP contribution in [0, 0.1) is 0 Å². The minimum Gasteiger partial charge on any atom is -0.302 e. The third-order valence-electron chi connectivity index (χ3n) is 4.73. The number of benzene rings is 1. The normalized spacial score (nSPS) is 16.0. The van der Waals surface area contributed by atoms with Crippen LogP contribution in [0.25, 0.3) is 0 Å². The molecular formula is C18H20F3N3OS. The van der Waals surface area contributed by atoms with Crippen LogP contribution in [0.1, 0.15) is 59.8 Å². The molecule has 140 valence electrons. The number of carbonyl (C=O) groups excluding carboxylic acids is 1. The quantitative estimate of drug-likeness (QED) is 0.547. The molecule has 1 aromatic heterocycles. The lowest BCUT2D eigenvalue weighted by Crippen LogP contribution is -2.13. The molecule has 0 spiro atoms. The summed E-state index contributed by atoms with van der Waals surface area (Å²) < 4.78 is 39.0. The number of Topliss-reactive ketones (excluding diaryl/α,β-unsaturated/α-hetero) is 1. The molecule has 3 rings (SSSR count). The minimum atomic E-state index is -4.56. The first-order valence-electron chi connectivity index (χ1n) is 8.59. The van der Waals surface area contributed by atoms with Crippen LogP contribution in [0.4, 0.5) is 13.2 Å². The maximum atomic E-state index is 12.7. The van der Waals surface area contributed by atoms with Crippen molar-refractivity contribution in [1.29, 1.82) is 0 Å². The number of rotatable bonds is 5.